The summed E-state index contributed by atoms with van der Waals surface area (Å²) in [6.07, 6.45) is 3.45. The number of nitrogens with two attached hydrogens (primary N) is 1. The van der Waals surface area contributed by atoms with Crippen LogP contribution in [0, 0.1) is 10.8 Å². The summed E-state index contributed by atoms with van der Waals surface area (Å²) in [4.78, 5) is 14.2. The van der Waals surface area contributed by atoms with E-state index in [9.17, 15) is 4.79 Å². The fourth-order valence-corrected chi connectivity index (χ4v) is 2.12. The first-order valence-corrected chi connectivity index (χ1v) is 6.34. The van der Waals surface area contributed by atoms with Crippen molar-refractivity contribution in [3.05, 3.63) is 0 Å². The molecule has 1 heterocycles. The lowest BCUT2D eigenvalue weighted by Gasteiger charge is -2.41. The van der Waals surface area contributed by atoms with Gasteiger partial charge in [-0.15, -0.1) is 0 Å². The van der Waals surface area contributed by atoms with Crippen LogP contribution >= 0.6 is 0 Å². The van der Waals surface area contributed by atoms with Gasteiger partial charge in [-0.3, -0.25) is 4.79 Å². The highest BCUT2D eigenvalue weighted by molar-refractivity contribution is 5.82. The molecule has 0 aromatic heterocycles. The van der Waals surface area contributed by atoms with Crippen LogP contribution in [0.25, 0.3) is 0 Å². The van der Waals surface area contributed by atoms with Gasteiger partial charge in [-0.2, -0.15) is 0 Å². The monoisotopic (exact) mass is 226 g/mol. The smallest absolute Gasteiger partial charge is 0.229 e. The summed E-state index contributed by atoms with van der Waals surface area (Å²) in [6.45, 7) is 10.6. The van der Waals surface area contributed by atoms with E-state index in [-0.39, 0.29) is 5.91 Å². The Morgan fingerprint density at radius 2 is 1.88 bits per heavy atom. The second-order valence-corrected chi connectivity index (χ2v) is 6.04. The predicted molar refractivity (Wildman–Crippen MR) is 67.0 cm³/mol. The largest absolute Gasteiger partial charge is 0.342 e. The van der Waals surface area contributed by atoms with Gasteiger partial charge in [0.25, 0.3) is 0 Å². The van der Waals surface area contributed by atoms with Gasteiger partial charge >= 0.3 is 0 Å². The number of rotatable bonds is 3. The van der Waals surface area contributed by atoms with E-state index in [1.165, 1.54) is 6.42 Å². The molecule has 1 fully saturated rings. The van der Waals surface area contributed by atoms with Gasteiger partial charge in [0.1, 0.15) is 0 Å². The maximum Gasteiger partial charge on any atom is 0.229 e. The molecule has 0 aromatic carbocycles. The zero-order valence-electron chi connectivity index (χ0n) is 11.2. The van der Waals surface area contributed by atoms with Crippen LogP contribution in [-0.4, -0.2) is 30.4 Å². The highest BCUT2D eigenvalue weighted by atomic mass is 16.2. The zero-order valence-corrected chi connectivity index (χ0v) is 11.2. The topological polar surface area (TPSA) is 46.3 Å². The van der Waals surface area contributed by atoms with Crippen LogP contribution in [-0.2, 0) is 4.79 Å². The molecule has 0 aromatic rings. The van der Waals surface area contributed by atoms with Crippen molar-refractivity contribution in [3.8, 4) is 0 Å². The molecule has 16 heavy (non-hydrogen) atoms. The molecule has 0 unspecified atom stereocenters. The summed E-state index contributed by atoms with van der Waals surface area (Å²) >= 11 is 0. The summed E-state index contributed by atoms with van der Waals surface area (Å²) in [7, 11) is 0. The molecule has 0 aliphatic carbocycles. The van der Waals surface area contributed by atoms with Gasteiger partial charge in [-0.05, 0) is 32.1 Å². The molecule has 3 nitrogen and oxygen atoms in total. The van der Waals surface area contributed by atoms with Crippen LogP contribution in [0.3, 0.4) is 0 Å². The van der Waals surface area contributed by atoms with Crippen molar-refractivity contribution < 1.29 is 4.79 Å². The van der Waals surface area contributed by atoms with Gasteiger partial charge in [0, 0.05) is 19.6 Å². The zero-order chi connectivity index (χ0) is 12.4. The van der Waals surface area contributed by atoms with Crippen LogP contribution in [0.5, 0.6) is 0 Å². The van der Waals surface area contributed by atoms with E-state index >= 15 is 0 Å². The first-order valence-electron chi connectivity index (χ1n) is 6.34. The van der Waals surface area contributed by atoms with E-state index < -0.39 is 5.41 Å². The fourth-order valence-electron chi connectivity index (χ4n) is 2.12. The Labute approximate surface area is 99.4 Å². The number of hydrogen-bond acceptors (Lipinski definition) is 2. The average molecular weight is 226 g/mol. The van der Waals surface area contributed by atoms with Crippen molar-refractivity contribution in [1.82, 2.24) is 4.90 Å². The molecule has 0 radical (unpaired) electrons. The standard InChI is InChI=1S/C13H26N2O/c1-5-13(4)6-8-15(9-7-13)11(16)12(2,3)10-14/h5-10,14H2,1-4H3. The number of carbonyl (C=O) groups excluding carboxylic acids is 1. The molecule has 0 atom stereocenters. The molecule has 2 N–H and O–H groups in total. The molecular weight excluding hydrogens is 200 g/mol. The quantitative estimate of drug-likeness (QED) is 0.800. The van der Waals surface area contributed by atoms with E-state index in [0.29, 0.717) is 12.0 Å². The molecule has 1 aliphatic heterocycles. The molecule has 94 valence electrons. The molecule has 3 heteroatoms. The number of amides is 1. The predicted octanol–water partition coefficient (Wildman–Crippen LogP) is 2.01. The molecule has 1 amide bonds. The Morgan fingerprint density at radius 1 is 1.38 bits per heavy atom. The van der Waals surface area contributed by atoms with Crippen molar-refractivity contribution in [2.45, 2.75) is 47.0 Å². The van der Waals surface area contributed by atoms with E-state index in [1.807, 2.05) is 18.7 Å². The molecule has 1 aliphatic rings. The number of carbonyl (C=O) groups is 1. The lowest BCUT2D eigenvalue weighted by molar-refractivity contribution is -0.142. The summed E-state index contributed by atoms with van der Waals surface area (Å²) in [6, 6.07) is 0. The highest BCUT2D eigenvalue weighted by Gasteiger charge is 2.35. The normalized spacial score (nSPS) is 20.9. The van der Waals surface area contributed by atoms with E-state index in [0.717, 1.165) is 25.9 Å². The van der Waals surface area contributed by atoms with Crippen LogP contribution < -0.4 is 5.73 Å². The molecular formula is C13H26N2O. The number of piperidine rings is 1. The van der Waals surface area contributed by atoms with Crippen molar-refractivity contribution in [2.24, 2.45) is 16.6 Å². The second-order valence-electron chi connectivity index (χ2n) is 6.04. The van der Waals surface area contributed by atoms with Crippen LogP contribution in [0.4, 0.5) is 0 Å². The minimum Gasteiger partial charge on any atom is -0.342 e. The molecule has 0 spiro atoms. The first-order chi connectivity index (χ1) is 7.34. The van der Waals surface area contributed by atoms with Crippen molar-refractivity contribution >= 4 is 5.91 Å². The molecule has 1 saturated heterocycles. The third-order valence-corrected chi connectivity index (χ3v) is 4.20. The SMILES string of the molecule is CCC1(C)CCN(C(=O)C(C)(C)CN)CC1. The molecule has 0 saturated carbocycles. The van der Waals surface area contributed by atoms with Gasteiger partial charge in [0.2, 0.25) is 5.91 Å². The fraction of sp³-hybridized carbons (Fsp3) is 0.923. The van der Waals surface area contributed by atoms with Crippen molar-refractivity contribution in [1.29, 1.82) is 0 Å². The number of hydrogen-bond donors (Lipinski definition) is 1. The second kappa shape index (κ2) is 4.74. The first kappa shape index (κ1) is 13.5. The number of nitrogens with zero attached hydrogens (tertiary/aromatic N) is 1. The Kier molecular flexibility index (Phi) is 4.00. The Morgan fingerprint density at radius 3 is 2.25 bits per heavy atom. The van der Waals surface area contributed by atoms with Crippen LogP contribution in [0.2, 0.25) is 0 Å². The maximum atomic E-state index is 12.2. The van der Waals surface area contributed by atoms with Gasteiger partial charge in [0.05, 0.1) is 5.41 Å². The lowest BCUT2D eigenvalue weighted by atomic mass is 9.77. The minimum absolute atomic E-state index is 0.216. The van der Waals surface area contributed by atoms with Crippen molar-refractivity contribution in [2.75, 3.05) is 19.6 Å². The molecule has 0 bridgehead atoms. The van der Waals surface area contributed by atoms with Gasteiger partial charge in [0.15, 0.2) is 0 Å². The summed E-state index contributed by atoms with van der Waals surface area (Å²) < 4.78 is 0. The Hall–Kier alpha value is -0.570. The van der Waals surface area contributed by atoms with E-state index in [1.54, 1.807) is 0 Å². The van der Waals surface area contributed by atoms with Crippen LogP contribution in [0.1, 0.15) is 47.0 Å². The average Bonchev–Trinajstić information content (AvgIpc) is 2.29. The number of likely N-dealkylation sites (tertiary alicyclic amines) is 1. The molecule has 1 rings (SSSR count). The van der Waals surface area contributed by atoms with E-state index in [2.05, 4.69) is 13.8 Å². The maximum absolute atomic E-state index is 12.2. The summed E-state index contributed by atoms with van der Waals surface area (Å²) in [5, 5.41) is 0. The van der Waals surface area contributed by atoms with Crippen LogP contribution in [0.15, 0.2) is 0 Å². The summed E-state index contributed by atoms with van der Waals surface area (Å²) in [5.74, 6) is 0.216. The van der Waals surface area contributed by atoms with Crippen molar-refractivity contribution in [3.63, 3.8) is 0 Å². The third-order valence-electron chi connectivity index (χ3n) is 4.20. The van der Waals surface area contributed by atoms with E-state index in [4.69, 9.17) is 5.73 Å². The van der Waals surface area contributed by atoms with Gasteiger partial charge in [-0.25, -0.2) is 0 Å². The van der Waals surface area contributed by atoms with Gasteiger partial charge in [-0.1, -0.05) is 20.3 Å². The Bertz CT molecular complexity index is 253. The highest BCUT2D eigenvalue weighted by Crippen LogP contribution is 2.35. The Balaban J connectivity index is 2.58. The minimum atomic E-state index is -0.403. The summed E-state index contributed by atoms with van der Waals surface area (Å²) in [5.41, 5.74) is 5.68. The third kappa shape index (κ3) is 2.76. The van der Waals surface area contributed by atoms with Gasteiger partial charge < -0.3 is 10.6 Å². The lowest BCUT2D eigenvalue weighted by Crippen LogP contribution is -2.49.